The van der Waals surface area contributed by atoms with Crippen molar-refractivity contribution in [2.24, 2.45) is 0 Å². The van der Waals surface area contributed by atoms with Crippen LogP contribution < -0.4 is 46.9 Å². The van der Waals surface area contributed by atoms with E-state index in [9.17, 15) is 0 Å². The second-order valence-corrected chi connectivity index (χ2v) is 26.4. The van der Waals surface area contributed by atoms with Crippen LogP contribution >= 0.6 is 23.5 Å². The minimum absolute atomic E-state index is 0.0109. The Hall–Kier alpha value is -10.6. The smallest absolute Gasteiger partial charge is 0.247 e. The summed E-state index contributed by atoms with van der Waals surface area (Å²) in [6.45, 7) is -0.0145. The van der Waals surface area contributed by atoms with E-state index in [2.05, 4.69) is 359 Å². The Bertz CT molecular complexity index is 4990. The van der Waals surface area contributed by atoms with Crippen molar-refractivity contribution in [3.05, 3.63) is 351 Å². The summed E-state index contributed by atoms with van der Waals surface area (Å²) in [5, 5.41) is 0. The predicted molar refractivity (Wildman–Crippen MR) is 391 cm³/mol. The number of hydrogen-bond donors (Lipinski definition) is 0. The molecule has 4 heterocycles. The first kappa shape index (κ1) is 54.3. The molecule has 432 valence electrons. The highest BCUT2D eigenvalue weighted by Gasteiger charge is 2.54. The fraction of sp³-hybridized carbons (Fsp3) is 0.0238. The normalized spacial score (nSPS) is 15.3. The molecule has 13 aromatic carbocycles. The van der Waals surface area contributed by atoms with E-state index < -0.39 is 0 Å². The van der Waals surface area contributed by atoms with Gasteiger partial charge in [0.05, 0.1) is 11.7 Å². The van der Waals surface area contributed by atoms with Gasteiger partial charge in [0.15, 0.2) is 0 Å². The first-order chi connectivity index (χ1) is 45.7. The van der Waals surface area contributed by atoms with Gasteiger partial charge in [-0.3, -0.25) is 0 Å². The lowest BCUT2D eigenvalue weighted by Crippen LogP contribution is -2.65. The number of hydrogen-bond acceptors (Lipinski definition) is 6. The highest BCUT2D eigenvalue weighted by molar-refractivity contribution is 8.01. The molecule has 0 fully saturated rings. The van der Waals surface area contributed by atoms with Crippen molar-refractivity contribution in [2.75, 3.05) is 19.6 Å². The molecule has 0 N–H and O–H groups in total. The van der Waals surface area contributed by atoms with Gasteiger partial charge in [0.1, 0.15) is 0 Å². The van der Waals surface area contributed by atoms with Crippen LogP contribution in [0.25, 0.3) is 33.4 Å². The van der Waals surface area contributed by atoms with Crippen molar-refractivity contribution < 1.29 is 0 Å². The van der Waals surface area contributed by atoms with E-state index in [0.29, 0.717) is 0 Å². The summed E-state index contributed by atoms with van der Waals surface area (Å²) in [6.07, 6.45) is 5.18. The zero-order valence-corrected chi connectivity index (χ0v) is 51.9. The average Bonchev–Trinajstić information content (AvgIpc) is 0.698. The van der Waals surface area contributed by atoms with Crippen LogP contribution in [0.5, 0.6) is 0 Å². The van der Waals surface area contributed by atoms with Crippen molar-refractivity contribution in [1.82, 2.24) is 0 Å². The quantitative estimate of drug-likeness (QED) is 0.119. The van der Waals surface area contributed by atoms with E-state index in [1.54, 1.807) is 0 Å². The molecule has 18 rings (SSSR count). The lowest BCUT2D eigenvalue weighted by atomic mass is 9.27. The van der Waals surface area contributed by atoms with Gasteiger partial charge in [0.25, 0.3) is 0 Å². The Morgan fingerprint density at radius 2 is 0.848 bits per heavy atom. The lowest BCUT2D eigenvalue weighted by Gasteiger charge is -2.54. The summed E-state index contributed by atoms with van der Waals surface area (Å²) < 4.78 is 0. The molecule has 0 spiro atoms. The van der Waals surface area contributed by atoms with Crippen LogP contribution in [0.2, 0.25) is 5.82 Å². The minimum Gasteiger partial charge on any atom is -0.334 e. The van der Waals surface area contributed by atoms with E-state index in [0.717, 1.165) is 50.9 Å². The number of allylic oxidation sites excluding steroid dienone is 1. The van der Waals surface area contributed by atoms with Crippen molar-refractivity contribution in [3.8, 4) is 33.4 Å². The Kier molecular flexibility index (Phi) is 13.4. The van der Waals surface area contributed by atoms with Gasteiger partial charge in [0, 0.05) is 93.4 Å². The Labute approximate surface area is 547 Å². The van der Waals surface area contributed by atoms with Gasteiger partial charge in [0.2, 0.25) is 13.4 Å². The topological polar surface area (TPSA) is 13.0 Å². The van der Waals surface area contributed by atoms with Gasteiger partial charge in [-0.1, -0.05) is 277 Å². The summed E-state index contributed by atoms with van der Waals surface area (Å²) in [5.74, 6) is -0.0484. The third-order valence-electron chi connectivity index (χ3n) is 19.2. The molecular formula is C84H58B2N4S2. The van der Waals surface area contributed by atoms with Crippen LogP contribution in [-0.2, 0) is 0 Å². The SMILES string of the molecule is C1=C2C3B(c4ccccc4N2c2ccccc2)c2cc4c(cc2N(c2ccccc2-c2ccccc2)C3C=C1N(c1ccc(-c2ccccc2)cc1)c1ccccc1-c1ccccc1)Sc1cc(N(c2ccccc2)c2ccccc2)cc2c1B4c1ccccc1S2. The summed E-state index contributed by atoms with van der Waals surface area (Å²) in [6, 6.07) is 121. The van der Waals surface area contributed by atoms with Gasteiger partial charge in [-0.25, -0.2) is 0 Å². The molecule has 8 heteroatoms. The maximum absolute atomic E-state index is 2.76. The van der Waals surface area contributed by atoms with E-state index in [1.165, 1.54) is 91.9 Å². The van der Waals surface area contributed by atoms with Crippen molar-refractivity contribution in [2.45, 2.75) is 31.4 Å². The minimum atomic E-state index is -0.198. The van der Waals surface area contributed by atoms with Crippen LogP contribution in [0, 0.1) is 0 Å². The number of para-hydroxylation sites is 6. The molecular weight excluding hydrogens is 1150 g/mol. The zero-order chi connectivity index (χ0) is 60.6. The van der Waals surface area contributed by atoms with Gasteiger partial charge in [-0.05, 0) is 136 Å². The summed E-state index contributed by atoms with van der Waals surface area (Å²) >= 11 is 3.86. The fourth-order valence-electron chi connectivity index (χ4n) is 15.3. The van der Waals surface area contributed by atoms with Gasteiger partial charge >= 0.3 is 0 Å². The first-order valence-corrected chi connectivity index (χ1v) is 33.4. The second kappa shape index (κ2) is 22.7. The third-order valence-corrected chi connectivity index (χ3v) is 21.4. The first-order valence-electron chi connectivity index (χ1n) is 31.8. The third kappa shape index (κ3) is 9.11. The van der Waals surface area contributed by atoms with Crippen LogP contribution in [0.3, 0.4) is 0 Å². The molecule has 2 atom stereocenters. The molecule has 1 aliphatic carbocycles. The highest BCUT2D eigenvalue weighted by atomic mass is 32.2. The monoisotopic (exact) mass is 1210 g/mol. The molecule has 0 bridgehead atoms. The molecule has 0 aromatic heterocycles. The molecule has 0 radical (unpaired) electrons. The number of nitrogens with zero attached hydrogens (tertiary/aromatic N) is 4. The van der Waals surface area contributed by atoms with Gasteiger partial charge < -0.3 is 19.6 Å². The van der Waals surface area contributed by atoms with Crippen LogP contribution in [0.15, 0.2) is 371 Å². The molecule has 0 saturated heterocycles. The number of rotatable bonds is 11. The largest absolute Gasteiger partial charge is 0.334 e. The van der Waals surface area contributed by atoms with E-state index in [4.69, 9.17) is 0 Å². The average molecular weight is 1210 g/mol. The van der Waals surface area contributed by atoms with Gasteiger partial charge in [-0.15, -0.1) is 0 Å². The van der Waals surface area contributed by atoms with E-state index >= 15 is 0 Å². The summed E-state index contributed by atoms with van der Waals surface area (Å²) in [7, 11) is 0. The maximum atomic E-state index is 2.76. The number of fused-ring (bicyclic) bond motifs is 8. The van der Waals surface area contributed by atoms with Crippen LogP contribution in [0.1, 0.15) is 0 Å². The van der Waals surface area contributed by atoms with Crippen molar-refractivity contribution >= 4 is 115 Å². The van der Waals surface area contributed by atoms with Crippen molar-refractivity contribution in [3.63, 3.8) is 0 Å². The van der Waals surface area contributed by atoms with Crippen LogP contribution in [0.4, 0.5) is 51.2 Å². The maximum Gasteiger partial charge on any atom is 0.247 e. The van der Waals surface area contributed by atoms with E-state index in [1.807, 2.05) is 23.5 Å². The summed E-state index contributed by atoms with van der Waals surface area (Å²) in [4.78, 5) is 15.5. The molecule has 5 aliphatic rings. The van der Waals surface area contributed by atoms with E-state index in [-0.39, 0.29) is 25.3 Å². The number of anilines is 9. The molecule has 92 heavy (non-hydrogen) atoms. The van der Waals surface area contributed by atoms with Crippen LogP contribution in [-0.4, -0.2) is 19.5 Å². The molecule has 13 aromatic rings. The van der Waals surface area contributed by atoms with Gasteiger partial charge in [-0.2, -0.15) is 0 Å². The Morgan fingerprint density at radius 3 is 1.52 bits per heavy atom. The standard InChI is InChI=1S/C84H58B2N4S2/c1-7-27-57(28-8-1)58-47-49-64(50-48-58)88(73-43-23-19-39-67(73)59-29-9-2-10-30-59)65-51-77-83-78(52-65)90(74-44-24-20-40-68(74)60-31-11-3-12-32-60)76-56-80-72(55-71(76)85(83)69-41-21-25-45-75(69)89(77)63-37-17-6-18-38-63)86-70-42-22-26-46-79(70)91-81-53-66(54-82(92-80)84(81)86)87(61-33-13-4-14-34-61)62-35-15-5-16-36-62/h1-56,78,83H. The molecule has 4 aliphatic heterocycles. The second-order valence-electron chi connectivity index (χ2n) is 24.3. The zero-order valence-electron chi connectivity index (χ0n) is 50.2. The molecule has 0 amide bonds. The number of benzene rings is 13. The Morgan fingerprint density at radius 1 is 0.337 bits per heavy atom. The fourth-order valence-corrected chi connectivity index (χ4v) is 17.8. The molecule has 0 saturated carbocycles. The lowest BCUT2D eigenvalue weighted by molar-refractivity contribution is 0.713. The van der Waals surface area contributed by atoms with Crippen molar-refractivity contribution in [1.29, 1.82) is 0 Å². The summed E-state index contributed by atoms with van der Waals surface area (Å²) in [5.41, 5.74) is 26.5. The highest BCUT2D eigenvalue weighted by Crippen LogP contribution is 2.55. The Balaban J connectivity index is 0.914. The predicted octanol–water partition coefficient (Wildman–Crippen LogP) is 18.9. The molecule has 2 unspecified atom stereocenters. The molecule has 4 nitrogen and oxygen atoms in total.